The topological polar surface area (TPSA) is 15.3 Å². The van der Waals surface area contributed by atoms with Crippen molar-refractivity contribution in [1.82, 2.24) is 10.2 Å². The summed E-state index contributed by atoms with van der Waals surface area (Å²) in [6, 6.07) is 9.96. The summed E-state index contributed by atoms with van der Waals surface area (Å²) in [6.45, 7) is 11.0. The molecule has 2 heteroatoms. The highest BCUT2D eigenvalue weighted by Crippen LogP contribution is 2.14. The Kier molecular flexibility index (Phi) is 7.11. The minimum atomic E-state index is 0.532. The van der Waals surface area contributed by atoms with E-state index in [0.29, 0.717) is 12.1 Å². The third kappa shape index (κ3) is 5.75. The molecule has 0 aromatic heterocycles. The van der Waals surface area contributed by atoms with Crippen LogP contribution < -0.4 is 5.32 Å². The van der Waals surface area contributed by atoms with Gasteiger partial charge in [-0.1, -0.05) is 51.5 Å². The molecule has 2 nitrogen and oxygen atoms in total. The molecule has 0 spiro atoms. The van der Waals surface area contributed by atoms with E-state index in [9.17, 15) is 0 Å². The van der Waals surface area contributed by atoms with Gasteiger partial charge in [-0.05, 0) is 31.5 Å². The zero-order valence-corrected chi connectivity index (χ0v) is 13.2. The third-order valence-corrected chi connectivity index (χ3v) is 3.70. The lowest BCUT2D eigenvalue weighted by Crippen LogP contribution is -2.29. The van der Waals surface area contributed by atoms with Crippen LogP contribution in [0.25, 0.3) is 0 Å². The predicted octanol–water partition coefficient (Wildman–Crippen LogP) is 3.81. The molecule has 0 aliphatic carbocycles. The summed E-state index contributed by atoms with van der Waals surface area (Å²) in [7, 11) is 2.23. The maximum atomic E-state index is 3.51. The summed E-state index contributed by atoms with van der Waals surface area (Å²) in [5.74, 6) is 0. The summed E-state index contributed by atoms with van der Waals surface area (Å²) >= 11 is 0. The van der Waals surface area contributed by atoms with E-state index >= 15 is 0 Å². The van der Waals surface area contributed by atoms with Gasteiger partial charge in [-0.2, -0.15) is 0 Å². The number of hydrogen-bond donors (Lipinski definition) is 1. The summed E-state index contributed by atoms with van der Waals surface area (Å²) in [4.78, 5) is 2.46. The molecule has 0 aliphatic rings. The Bertz CT molecular complexity index is 360. The molecule has 1 unspecified atom stereocenters. The van der Waals surface area contributed by atoms with Gasteiger partial charge in [0.05, 0.1) is 0 Å². The van der Waals surface area contributed by atoms with Crippen LogP contribution in [0.5, 0.6) is 0 Å². The van der Waals surface area contributed by atoms with E-state index < -0.39 is 0 Å². The van der Waals surface area contributed by atoms with E-state index in [1.54, 1.807) is 0 Å². The van der Waals surface area contributed by atoms with Crippen LogP contribution in [0.3, 0.4) is 0 Å². The molecule has 0 fully saturated rings. The van der Waals surface area contributed by atoms with Crippen molar-refractivity contribution in [3.63, 3.8) is 0 Å². The van der Waals surface area contributed by atoms with Crippen LogP contribution in [-0.2, 0) is 13.1 Å². The molecule has 0 amide bonds. The second-order valence-corrected chi connectivity index (χ2v) is 5.86. The van der Waals surface area contributed by atoms with Crippen molar-refractivity contribution < 1.29 is 0 Å². The minimum Gasteiger partial charge on any atom is -0.310 e. The van der Waals surface area contributed by atoms with E-state index in [-0.39, 0.29) is 0 Å². The molecule has 0 saturated heterocycles. The second kappa shape index (κ2) is 8.34. The largest absolute Gasteiger partial charge is 0.310 e. The molecule has 1 N–H and O–H groups in total. The Labute approximate surface area is 119 Å². The number of nitrogens with zero attached hydrogens (tertiary/aromatic N) is 1. The summed E-state index contributed by atoms with van der Waals surface area (Å²) < 4.78 is 0. The van der Waals surface area contributed by atoms with Crippen molar-refractivity contribution in [3.8, 4) is 0 Å². The lowest BCUT2D eigenvalue weighted by molar-refractivity contribution is 0.236. The van der Waals surface area contributed by atoms with Crippen molar-refractivity contribution in [1.29, 1.82) is 0 Å². The number of hydrogen-bond acceptors (Lipinski definition) is 2. The summed E-state index contributed by atoms with van der Waals surface area (Å²) in [5.41, 5.74) is 2.87. The first-order valence-electron chi connectivity index (χ1n) is 7.55. The first-order chi connectivity index (χ1) is 9.04. The highest BCUT2D eigenvalue weighted by molar-refractivity contribution is 5.27. The molecule has 0 radical (unpaired) electrons. The highest BCUT2D eigenvalue weighted by Gasteiger charge is 2.10. The zero-order chi connectivity index (χ0) is 14.3. The molecule has 0 aliphatic heterocycles. The normalized spacial score (nSPS) is 13.2. The number of nitrogens with one attached hydrogen (secondary N) is 1. The van der Waals surface area contributed by atoms with Crippen molar-refractivity contribution in [2.45, 2.75) is 65.7 Å². The van der Waals surface area contributed by atoms with Crippen LogP contribution in [0.2, 0.25) is 0 Å². The number of benzene rings is 1. The summed E-state index contributed by atoms with van der Waals surface area (Å²) in [6.07, 6.45) is 2.52. The molecule has 1 aromatic rings. The van der Waals surface area contributed by atoms with Crippen molar-refractivity contribution in [3.05, 3.63) is 35.4 Å². The van der Waals surface area contributed by atoms with Gasteiger partial charge in [-0.3, -0.25) is 4.90 Å². The Hall–Kier alpha value is -0.860. The third-order valence-electron chi connectivity index (χ3n) is 3.70. The molecule has 19 heavy (non-hydrogen) atoms. The van der Waals surface area contributed by atoms with E-state index in [4.69, 9.17) is 0 Å². The quantitative estimate of drug-likeness (QED) is 0.766. The Morgan fingerprint density at radius 3 is 2.32 bits per heavy atom. The fourth-order valence-electron chi connectivity index (χ4n) is 2.26. The van der Waals surface area contributed by atoms with Gasteiger partial charge in [-0.15, -0.1) is 0 Å². The number of rotatable bonds is 8. The van der Waals surface area contributed by atoms with Gasteiger partial charge in [0.2, 0.25) is 0 Å². The Balaban J connectivity index is 2.66. The van der Waals surface area contributed by atoms with Crippen LogP contribution in [0, 0.1) is 0 Å². The van der Waals surface area contributed by atoms with Gasteiger partial charge < -0.3 is 5.32 Å². The van der Waals surface area contributed by atoms with Gasteiger partial charge in [0, 0.05) is 25.2 Å². The smallest absolute Gasteiger partial charge is 0.0236 e. The first-order valence-corrected chi connectivity index (χ1v) is 7.55. The van der Waals surface area contributed by atoms with Crippen LogP contribution in [0.15, 0.2) is 24.3 Å². The Morgan fingerprint density at radius 2 is 1.74 bits per heavy atom. The fourth-order valence-corrected chi connectivity index (χ4v) is 2.26. The average Bonchev–Trinajstić information content (AvgIpc) is 2.37. The molecule has 0 saturated carbocycles. The van der Waals surface area contributed by atoms with Crippen LogP contribution >= 0.6 is 0 Å². The Morgan fingerprint density at radius 1 is 1.11 bits per heavy atom. The molecule has 1 aromatic carbocycles. The maximum Gasteiger partial charge on any atom is 0.0236 e. The monoisotopic (exact) mass is 262 g/mol. The molecule has 1 rings (SSSR count). The molecular formula is C17H30N2. The SMILES string of the molecule is CCCC(C)N(C)Cc1ccccc1CNC(C)C. The molecule has 108 valence electrons. The van der Waals surface area contributed by atoms with E-state index in [2.05, 4.69) is 69.2 Å². The van der Waals surface area contributed by atoms with E-state index in [0.717, 1.165) is 13.1 Å². The van der Waals surface area contributed by atoms with Crippen LogP contribution in [0.1, 0.15) is 51.7 Å². The van der Waals surface area contributed by atoms with Crippen molar-refractivity contribution >= 4 is 0 Å². The lowest BCUT2D eigenvalue weighted by Gasteiger charge is -2.25. The molecule has 1 atom stereocenters. The minimum absolute atomic E-state index is 0.532. The van der Waals surface area contributed by atoms with Gasteiger partial charge in [0.15, 0.2) is 0 Å². The van der Waals surface area contributed by atoms with E-state index in [1.807, 2.05) is 0 Å². The van der Waals surface area contributed by atoms with Crippen molar-refractivity contribution in [2.75, 3.05) is 7.05 Å². The summed E-state index contributed by atoms with van der Waals surface area (Å²) in [5, 5.41) is 3.51. The molecule has 0 bridgehead atoms. The van der Waals surface area contributed by atoms with Crippen molar-refractivity contribution in [2.24, 2.45) is 0 Å². The molecule has 0 heterocycles. The van der Waals surface area contributed by atoms with Crippen LogP contribution in [0.4, 0.5) is 0 Å². The highest BCUT2D eigenvalue weighted by atomic mass is 15.1. The van der Waals surface area contributed by atoms with Crippen LogP contribution in [-0.4, -0.2) is 24.0 Å². The fraction of sp³-hybridized carbons (Fsp3) is 0.647. The average molecular weight is 262 g/mol. The van der Waals surface area contributed by atoms with Gasteiger partial charge in [0.25, 0.3) is 0 Å². The zero-order valence-electron chi connectivity index (χ0n) is 13.2. The lowest BCUT2D eigenvalue weighted by atomic mass is 10.1. The van der Waals surface area contributed by atoms with Gasteiger partial charge in [-0.25, -0.2) is 0 Å². The predicted molar refractivity (Wildman–Crippen MR) is 84.3 cm³/mol. The maximum absolute atomic E-state index is 3.51. The first kappa shape index (κ1) is 16.2. The van der Waals surface area contributed by atoms with E-state index in [1.165, 1.54) is 24.0 Å². The van der Waals surface area contributed by atoms with Gasteiger partial charge in [0.1, 0.15) is 0 Å². The second-order valence-electron chi connectivity index (χ2n) is 5.86. The standard InChI is InChI=1S/C17H30N2/c1-6-9-15(4)19(5)13-17-11-8-7-10-16(17)12-18-14(2)3/h7-8,10-11,14-15,18H,6,9,12-13H2,1-5H3. The molecular weight excluding hydrogens is 232 g/mol. The van der Waals surface area contributed by atoms with Gasteiger partial charge >= 0.3 is 0 Å².